The van der Waals surface area contributed by atoms with Crippen molar-refractivity contribution in [1.82, 2.24) is 4.90 Å². The van der Waals surface area contributed by atoms with Gasteiger partial charge in [0.05, 0.1) is 10.7 Å². The number of thiocarbonyl (C=S) groups is 1. The summed E-state index contributed by atoms with van der Waals surface area (Å²) in [6, 6.07) is 16.0. The van der Waals surface area contributed by atoms with E-state index >= 15 is 0 Å². The Morgan fingerprint density at radius 3 is 2.48 bits per heavy atom. The topological polar surface area (TPSA) is 18.5 Å². The molecule has 6 heteroatoms. The Morgan fingerprint density at radius 1 is 1.04 bits per heavy atom. The molecular formula is C17H17BrClN3S. The van der Waals surface area contributed by atoms with Gasteiger partial charge in [-0.25, -0.2) is 0 Å². The summed E-state index contributed by atoms with van der Waals surface area (Å²) in [5.74, 6) is 0. The molecule has 3 rings (SSSR count). The Balaban J connectivity index is 1.58. The highest BCUT2D eigenvalue weighted by molar-refractivity contribution is 9.10. The van der Waals surface area contributed by atoms with Crippen LogP contribution in [0.2, 0.25) is 5.02 Å². The number of anilines is 2. The maximum Gasteiger partial charge on any atom is 0.173 e. The minimum Gasteiger partial charge on any atom is -0.367 e. The second-order valence-corrected chi connectivity index (χ2v) is 7.08. The minimum atomic E-state index is 0.766. The number of nitrogens with zero attached hydrogens (tertiary/aromatic N) is 2. The molecule has 0 saturated carbocycles. The highest BCUT2D eigenvalue weighted by Crippen LogP contribution is 2.26. The van der Waals surface area contributed by atoms with Crippen LogP contribution >= 0.6 is 39.7 Å². The number of nitrogens with one attached hydrogen (secondary N) is 1. The zero-order valence-electron chi connectivity index (χ0n) is 12.5. The van der Waals surface area contributed by atoms with Crippen LogP contribution in [-0.4, -0.2) is 36.2 Å². The Hall–Kier alpha value is -1.30. The Labute approximate surface area is 155 Å². The van der Waals surface area contributed by atoms with Crippen molar-refractivity contribution in [3.63, 3.8) is 0 Å². The maximum absolute atomic E-state index is 6.28. The van der Waals surface area contributed by atoms with Gasteiger partial charge in [0.2, 0.25) is 0 Å². The largest absolute Gasteiger partial charge is 0.367 e. The molecule has 2 aromatic carbocycles. The van der Waals surface area contributed by atoms with Crippen molar-refractivity contribution in [1.29, 1.82) is 0 Å². The van der Waals surface area contributed by atoms with Crippen molar-refractivity contribution in [3.05, 3.63) is 58.0 Å². The monoisotopic (exact) mass is 409 g/mol. The standard InChI is InChI=1S/C17H17BrClN3S/c18-13-4-3-5-14(12-13)20-17(23)22-10-8-21(9-11-22)16-7-2-1-6-15(16)19/h1-7,12H,8-11H2,(H,20,23). The predicted molar refractivity (Wildman–Crippen MR) is 106 cm³/mol. The summed E-state index contributed by atoms with van der Waals surface area (Å²) in [6.45, 7) is 3.57. The second kappa shape index (κ2) is 7.51. The fourth-order valence-electron chi connectivity index (χ4n) is 2.63. The average molecular weight is 411 g/mol. The lowest BCUT2D eigenvalue weighted by atomic mass is 10.2. The van der Waals surface area contributed by atoms with Crippen LogP contribution in [0.5, 0.6) is 0 Å². The summed E-state index contributed by atoms with van der Waals surface area (Å²) < 4.78 is 1.04. The first-order chi connectivity index (χ1) is 11.1. The van der Waals surface area contributed by atoms with Gasteiger partial charge < -0.3 is 15.1 Å². The van der Waals surface area contributed by atoms with Gasteiger partial charge in [0.15, 0.2) is 5.11 Å². The van der Waals surface area contributed by atoms with Crippen molar-refractivity contribution >= 4 is 56.2 Å². The molecule has 0 amide bonds. The Bertz CT molecular complexity index is 702. The molecule has 1 aliphatic heterocycles. The zero-order valence-corrected chi connectivity index (χ0v) is 15.7. The van der Waals surface area contributed by atoms with E-state index in [1.807, 2.05) is 42.5 Å². The van der Waals surface area contributed by atoms with E-state index in [0.717, 1.165) is 52.2 Å². The van der Waals surface area contributed by atoms with Crippen molar-refractivity contribution < 1.29 is 0 Å². The van der Waals surface area contributed by atoms with E-state index in [2.05, 4.69) is 37.1 Å². The van der Waals surface area contributed by atoms with Gasteiger partial charge in [0, 0.05) is 36.3 Å². The highest BCUT2D eigenvalue weighted by Gasteiger charge is 2.20. The van der Waals surface area contributed by atoms with Gasteiger partial charge in [-0.1, -0.05) is 45.7 Å². The van der Waals surface area contributed by atoms with Crippen LogP contribution in [0.25, 0.3) is 0 Å². The van der Waals surface area contributed by atoms with Crippen molar-refractivity contribution in [2.75, 3.05) is 36.4 Å². The first kappa shape index (κ1) is 16.6. The maximum atomic E-state index is 6.28. The van der Waals surface area contributed by atoms with Crippen molar-refractivity contribution in [2.45, 2.75) is 0 Å². The SMILES string of the molecule is S=C(Nc1cccc(Br)c1)N1CCN(c2ccccc2Cl)CC1. The van der Waals surface area contributed by atoms with E-state index < -0.39 is 0 Å². The average Bonchev–Trinajstić information content (AvgIpc) is 2.55. The number of halogens is 2. The van der Waals surface area contributed by atoms with Gasteiger partial charge in [-0.2, -0.15) is 0 Å². The Morgan fingerprint density at radius 2 is 1.78 bits per heavy atom. The summed E-state index contributed by atoms with van der Waals surface area (Å²) in [6.07, 6.45) is 0. The molecule has 0 aromatic heterocycles. The van der Waals surface area contributed by atoms with Gasteiger partial charge in [0.1, 0.15) is 0 Å². The highest BCUT2D eigenvalue weighted by atomic mass is 79.9. The van der Waals surface area contributed by atoms with Crippen LogP contribution in [0.4, 0.5) is 11.4 Å². The van der Waals surface area contributed by atoms with E-state index in [-0.39, 0.29) is 0 Å². The molecule has 1 heterocycles. The van der Waals surface area contributed by atoms with Crippen LogP contribution in [0, 0.1) is 0 Å². The molecule has 2 aromatic rings. The molecular weight excluding hydrogens is 394 g/mol. The smallest absolute Gasteiger partial charge is 0.173 e. The van der Waals surface area contributed by atoms with Crippen molar-refractivity contribution in [3.8, 4) is 0 Å². The van der Waals surface area contributed by atoms with Gasteiger partial charge in [-0.05, 0) is 42.5 Å². The normalized spacial score (nSPS) is 14.7. The molecule has 0 bridgehead atoms. The molecule has 0 spiro atoms. The van der Waals surface area contributed by atoms with Crippen LogP contribution in [-0.2, 0) is 0 Å². The molecule has 1 saturated heterocycles. The first-order valence-electron chi connectivity index (χ1n) is 7.44. The number of para-hydroxylation sites is 1. The van der Waals surface area contributed by atoms with Crippen LogP contribution < -0.4 is 10.2 Å². The second-order valence-electron chi connectivity index (χ2n) is 5.37. The van der Waals surface area contributed by atoms with Crippen molar-refractivity contribution in [2.24, 2.45) is 0 Å². The predicted octanol–water partition coefficient (Wildman–Crippen LogP) is 4.62. The third-order valence-corrected chi connectivity index (χ3v) is 5.01. The summed E-state index contributed by atoms with van der Waals surface area (Å²) >= 11 is 15.3. The summed E-state index contributed by atoms with van der Waals surface area (Å²) in [7, 11) is 0. The lowest BCUT2D eigenvalue weighted by molar-refractivity contribution is 0.391. The molecule has 0 aliphatic carbocycles. The fourth-order valence-corrected chi connectivity index (χ4v) is 3.58. The van der Waals surface area contributed by atoms with Gasteiger partial charge in [-0.15, -0.1) is 0 Å². The Kier molecular flexibility index (Phi) is 5.41. The number of benzene rings is 2. The first-order valence-corrected chi connectivity index (χ1v) is 9.02. The van der Waals surface area contributed by atoms with E-state index in [1.54, 1.807) is 0 Å². The summed E-state index contributed by atoms with van der Waals surface area (Å²) in [5, 5.41) is 4.87. The van der Waals surface area contributed by atoms with Crippen LogP contribution in [0.1, 0.15) is 0 Å². The molecule has 0 radical (unpaired) electrons. The molecule has 120 valence electrons. The van der Waals surface area contributed by atoms with E-state index in [0.29, 0.717) is 0 Å². The molecule has 3 nitrogen and oxygen atoms in total. The van der Waals surface area contributed by atoms with E-state index in [1.165, 1.54) is 0 Å². The third kappa shape index (κ3) is 4.16. The molecule has 1 aliphatic rings. The van der Waals surface area contributed by atoms with E-state index in [9.17, 15) is 0 Å². The van der Waals surface area contributed by atoms with Crippen LogP contribution in [0.15, 0.2) is 53.0 Å². The van der Waals surface area contributed by atoms with Gasteiger partial charge in [0.25, 0.3) is 0 Å². The van der Waals surface area contributed by atoms with Crippen LogP contribution in [0.3, 0.4) is 0 Å². The third-order valence-electron chi connectivity index (χ3n) is 3.84. The molecule has 23 heavy (non-hydrogen) atoms. The summed E-state index contributed by atoms with van der Waals surface area (Å²) in [4.78, 5) is 4.50. The lowest BCUT2D eigenvalue weighted by Crippen LogP contribution is -2.50. The van der Waals surface area contributed by atoms with Gasteiger partial charge >= 0.3 is 0 Å². The number of rotatable bonds is 2. The molecule has 1 fully saturated rings. The fraction of sp³-hybridized carbons (Fsp3) is 0.235. The summed E-state index contributed by atoms with van der Waals surface area (Å²) in [5.41, 5.74) is 2.09. The van der Waals surface area contributed by atoms with Gasteiger partial charge in [-0.3, -0.25) is 0 Å². The van der Waals surface area contributed by atoms with E-state index in [4.69, 9.17) is 23.8 Å². The number of hydrogen-bond acceptors (Lipinski definition) is 2. The number of hydrogen-bond donors (Lipinski definition) is 1. The molecule has 1 N–H and O–H groups in total. The minimum absolute atomic E-state index is 0.766. The quantitative estimate of drug-likeness (QED) is 0.728. The molecule has 0 atom stereocenters. The molecule has 0 unspecified atom stereocenters. The number of piperazine rings is 1. The zero-order chi connectivity index (χ0) is 16.2. The lowest BCUT2D eigenvalue weighted by Gasteiger charge is -2.37.